The van der Waals surface area contributed by atoms with Crippen molar-refractivity contribution in [2.75, 3.05) is 0 Å². The normalized spacial score (nSPS) is 40.5. The van der Waals surface area contributed by atoms with Crippen molar-refractivity contribution in [1.82, 2.24) is 0 Å². The SMILES string of the molecule is CC(=O)OC1CCCC2=CC=C3[C@@H]4CC[C@H]([C@H](C)CC[C@H](C)C(C)C)[C@@]4(C)CC[C@@H]3[C@]21C. The first-order valence-corrected chi connectivity index (χ1v) is 13.7. The number of rotatable bonds is 6. The van der Waals surface area contributed by atoms with Gasteiger partial charge in [0, 0.05) is 12.3 Å². The van der Waals surface area contributed by atoms with Gasteiger partial charge in [-0.25, -0.2) is 0 Å². The van der Waals surface area contributed by atoms with Crippen molar-refractivity contribution in [3.8, 4) is 0 Å². The molecule has 0 aromatic rings. The number of carbonyl (C=O) groups excluding carboxylic acids is 1. The Hall–Kier alpha value is -1.05. The molecule has 0 N–H and O–H groups in total. The second-order valence-corrected chi connectivity index (χ2v) is 12.7. The number of hydrogen-bond donors (Lipinski definition) is 0. The minimum Gasteiger partial charge on any atom is -0.462 e. The van der Waals surface area contributed by atoms with Gasteiger partial charge < -0.3 is 4.74 Å². The molecule has 4 aliphatic carbocycles. The zero-order chi connectivity index (χ0) is 23.3. The standard InChI is InChI=1S/C30H48O2/c1-19(2)20(3)11-12-21(4)25-15-16-26-24-14-13-23-9-8-10-28(32-22(5)31)30(23,7)27(24)17-18-29(25,26)6/h13-14,19-21,25-28H,8-12,15-18H2,1-7H3/t20-,21+,25+,26-,27-,28?,29+,30-/m0/s1. The first kappa shape index (κ1) is 24.1. The molecule has 0 spiro atoms. The maximum absolute atomic E-state index is 11.9. The maximum Gasteiger partial charge on any atom is 0.302 e. The van der Waals surface area contributed by atoms with Gasteiger partial charge in [0.25, 0.3) is 0 Å². The Labute approximate surface area is 197 Å². The van der Waals surface area contributed by atoms with Gasteiger partial charge in [0.05, 0.1) is 0 Å². The Bertz CT molecular complexity index is 776. The summed E-state index contributed by atoms with van der Waals surface area (Å²) in [6.45, 7) is 16.4. The number of allylic oxidation sites excluding steroid dienone is 3. The summed E-state index contributed by atoms with van der Waals surface area (Å²) in [4.78, 5) is 11.9. The molecule has 0 aromatic heterocycles. The van der Waals surface area contributed by atoms with E-state index < -0.39 is 0 Å². The molecular weight excluding hydrogens is 392 g/mol. The van der Waals surface area contributed by atoms with Gasteiger partial charge in [-0.05, 0) is 85.9 Å². The van der Waals surface area contributed by atoms with Gasteiger partial charge in [0.15, 0.2) is 0 Å². The Morgan fingerprint density at radius 3 is 2.47 bits per heavy atom. The van der Waals surface area contributed by atoms with Crippen molar-refractivity contribution >= 4 is 5.97 Å². The monoisotopic (exact) mass is 440 g/mol. The fourth-order valence-corrected chi connectivity index (χ4v) is 8.45. The van der Waals surface area contributed by atoms with E-state index in [9.17, 15) is 4.79 Å². The van der Waals surface area contributed by atoms with Gasteiger partial charge in [-0.2, -0.15) is 0 Å². The fourth-order valence-electron chi connectivity index (χ4n) is 8.45. The molecule has 0 bridgehead atoms. The van der Waals surface area contributed by atoms with Crippen molar-refractivity contribution in [2.24, 2.45) is 46.3 Å². The van der Waals surface area contributed by atoms with Gasteiger partial charge >= 0.3 is 5.97 Å². The molecule has 3 fully saturated rings. The molecule has 0 radical (unpaired) electrons. The molecule has 32 heavy (non-hydrogen) atoms. The minimum atomic E-state index is -0.111. The van der Waals surface area contributed by atoms with E-state index in [1.54, 1.807) is 12.5 Å². The third kappa shape index (κ3) is 3.92. The molecule has 0 heterocycles. The number of carbonyl (C=O) groups is 1. The summed E-state index contributed by atoms with van der Waals surface area (Å²) in [6, 6.07) is 0. The summed E-state index contributed by atoms with van der Waals surface area (Å²) in [5, 5.41) is 0. The molecule has 2 nitrogen and oxygen atoms in total. The van der Waals surface area contributed by atoms with Crippen LogP contribution in [0, 0.1) is 46.3 Å². The molecule has 0 aromatic carbocycles. The van der Waals surface area contributed by atoms with Gasteiger partial charge in [0.2, 0.25) is 0 Å². The molecule has 0 aliphatic heterocycles. The second-order valence-electron chi connectivity index (χ2n) is 12.7. The van der Waals surface area contributed by atoms with Gasteiger partial charge in [-0.15, -0.1) is 0 Å². The quantitative estimate of drug-likeness (QED) is 0.390. The van der Waals surface area contributed by atoms with E-state index in [1.165, 1.54) is 50.5 Å². The zero-order valence-corrected chi connectivity index (χ0v) is 21.9. The Kier molecular flexibility index (Phi) is 6.74. The third-order valence-electron chi connectivity index (χ3n) is 10.9. The smallest absolute Gasteiger partial charge is 0.302 e. The van der Waals surface area contributed by atoms with Crippen LogP contribution in [0.25, 0.3) is 0 Å². The second kappa shape index (κ2) is 8.95. The molecular formula is C30H48O2. The number of fused-ring (bicyclic) bond motifs is 5. The Balaban J connectivity index is 1.55. The number of ether oxygens (including phenoxy) is 1. The van der Waals surface area contributed by atoms with Crippen LogP contribution in [0.4, 0.5) is 0 Å². The first-order valence-electron chi connectivity index (χ1n) is 13.7. The van der Waals surface area contributed by atoms with Gasteiger partial charge in [-0.3, -0.25) is 4.79 Å². The highest BCUT2D eigenvalue weighted by Gasteiger charge is 2.59. The van der Waals surface area contributed by atoms with Crippen LogP contribution in [-0.4, -0.2) is 12.1 Å². The molecule has 0 saturated heterocycles. The molecule has 0 amide bonds. The molecule has 8 atom stereocenters. The minimum absolute atomic E-state index is 0.00569. The summed E-state index contributed by atoms with van der Waals surface area (Å²) >= 11 is 0. The largest absolute Gasteiger partial charge is 0.462 e. The molecule has 2 heteroatoms. The van der Waals surface area contributed by atoms with Crippen molar-refractivity contribution < 1.29 is 9.53 Å². The third-order valence-corrected chi connectivity index (χ3v) is 10.9. The summed E-state index contributed by atoms with van der Waals surface area (Å²) in [5.74, 6) is 4.44. The molecule has 1 unspecified atom stereocenters. The van der Waals surface area contributed by atoms with Crippen LogP contribution in [0.1, 0.15) is 106 Å². The average molecular weight is 441 g/mol. The van der Waals surface area contributed by atoms with Gasteiger partial charge in [0.1, 0.15) is 6.10 Å². The maximum atomic E-state index is 11.9. The fraction of sp³-hybridized carbons (Fsp3) is 0.833. The van der Waals surface area contributed by atoms with Crippen LogP contribution in [0.3, 0.4) is 0 Å². The van der Waals surface area contributed by atoms with Gasteiger partial charge in [-0.1, -0.05) is 77.7 Å². The van der Waals surface area contributed by atoms with Crippen molar-refractivity contribution in [2.45, 2.75) is 112 Å². The molecule has 3 saturated carbocycles. The lowest BCUT2D eigenvalue weighted by molar-refractivity contribution is -0.156. The predicted octanol–water partition coefficient (Wildman–Crippen LogP) is 8.13. The van der Waals surface area contributed by atoms with E-state index in [4.69, 9.17) is 4.74 Å². The van der Waals surface area contributed by atoms with Crippen LogP contribution in [0.2, 0.25) is 0 Å². The highest BCUT2D eigenvalue weighted by atomic mass is 16.5. The van der Waals surface area contributed by atoms with E-state index in [1.807, 2.05) is 0 Å². The van der Waals surface area contributed by atoms with E-state index in [0.717, 1.165) is 36.5 Å². The molecule has 4 rings (SSSR count). The number of esters is 1. The molecule has 4 aliphatic rings. The van der Waals surface area contributed by atoms with Crippen LogP contribution >= 0.6 is 0 Å². The lowest BCUT2D eigenvalue weighted by Gasteiger charge is -2.56. The zero-order valence-electron chi connectivity index (χ0n) is 21.9. The van der Waals surface area contributed by atoms with Crippen LogP contribution in [0.15, 0.2) is 23.3 Å². The summed E-state index contributed by atoms with van der Waals surface area (Å²) < 4.78 is 5.98. The number of hydrogen-bond acceptors (Lipinski definition) is 2. The lowest BCUT2D eigenvalue weighted by atomic mass is 9.49. The van der Waals surface area contributed by atoms with E-state index in [2.05, 4.69) is 53.7 Å². The van der Waals surface area contributed by atoms with Crippen LogP contribution < -0.4 is 0 Å². The first-order chi connectivity index (χ1) is 15.1. The van der Waals surface area contributed by atoms with Crippen molar-refractivity contribution in [3.05, 3.63) is 23.3 Å². The average Bonchev–Trinajstić information content (AvgIpc) is 3.09. The van der Waals surface area contributed by atoms with Crippen LogP contribution in [0.5, 0.6) is 0 Å². The topological polar surface area (TPSA) is 26.3 Å². The predicted molar refractivity (Wildman–Crippen MR) is 133 cm³/mol. The highest BCUT2D eigenvalue weighted by Crippen LogP contribution is 2.66. The van der Waals surface area contributed by atoms with E-state index in [-0.39, 0.29) is 17.5 Å². The molecule has 180 valence electrons. The lowest BCUT2D eigenvalue weighted by Crippen LogP contribution is -2.51. The summed E-state index contributed by atoms with van der Waals surface area (Å²) in [5.41, 5.74) is 3.69. The van der Waals surface area contributed by atoms with Crippen molar-refractivity contribution in [3.63, 3.8) is 0 Å². The van der Waals surface area contributed by atoms with E-state index in [0.29, 0.717) is 17.3 Å². The summed E-state index contributed by atoms with van der Waals surface area (Å²) in [7, 11) is 0. The highest BCUT2D eigenvalue weighted by molar-refractivity contribution is 5.66. The summed E-state index contributed by atoms with van der Waals surface area (Å²) in [6.07, 6.45) is 16.4. The van der Waals surface area contributed by atoms with Crippen LogP contribution in [-0.2, 0) is 9.53 Å². The Morgan fingerprint density at radius 1 is 1.03 bits per heavy atom. The van der Waals surface area contributed by atoms with Crippen molar-refractivity contribution in [1.29, 1.82) is 0 Å². The van der Waals surface area contributed by atoms with E-state index >= 15 is 0 Å². The Morgan fingerprint density at radius 2 is 1.78 bits per heavy atom.